The highest BCUT2D eigenvalue weighted by molar-refractivity contribution is 9.10. The zero-order valence-corrected chi connectivity index (χ0v) is 12.7. The van der Waals surface area contributed by atoms with E-state index in [9.17, 15) is 4.79 Å². The van der Waals surface area contributed by atoms with Crippen LogP contribution in [0.3, 0.4) is 0 Å². The number of halogens is 2. The smallest absolute Gasteiger partial charge is 0.252 e. The summed E-state index contributed by atoms with van der Waals surface area (Å²) in [6.07, 6.45) is 0. The summed E-state index contributed by atoms with van der Waals surface area (Å²) in [4.78, 5) is 12.1. The van der Waals surface area contributed by atoms with Crippen molar-refractivity contribution in [1.29, 1.82) is 0 Å². The van der Waals surface area contributed by atoms with Crippen LogP contribution in [0.2, 0.25) is 5.02 Å². The molecular formula is C15H13BrClNO. The fourth-order valence-electron chi connectivity index (χ4n) is 1.75. The largest absolute Gasteiger partial charge is 0.345 e. The molecule has 0 aromatic heterocycles. The Labute approximate surface area is 125 Å². The third-order valence-electron chi connectivity index (χ3n) is 2.84. The monoisotopic (exact) mass is 337 g/mol. The first-order valence-corrected chi connectivity index (χ1v) is 7.06. The molecule has 2 nitrogen and oxygen atoms in total. The van der Waals surface area contributed by atoms with Gasteiger partial charge >= 0.3 is 0 Å². The van der Waals surface area contributed by atoms with Crippen molar-refractivity contribution in [2.45, 2.75) is 13.0 Å². The Morgan fingerprint density at radius 1 is 1.16 bits per heavy atom. The molecule has 2 aromatic carbocycles. The number of benzene rings is 2. The Morgan fingerprint density at radius 2 is 1.79 bits per heavy atom. The van der Waals surface area contributed by atoms with Crippen molar-refractivity contribution in [2.75, 3.05) is 0 Å². The Kier molecular flexibility index (Phi) is 4.61. The topological polar surface area (TPSA) is 29.1 Å². The van der Waals surface area contributed by atoms with Gasteiger partial charge in [-0.05, 0) is 52.7 Å². The molecule has 1 unspecified atom stereocenters. The van der Waals surface area contributed by atoms with Crippen LogP contribution >= 0.6 is 27.5 Å². The summed E-state index contributed by atoms with van der Waals surface area (Å²) in [5.41, 5.74) is 1.65. The van der Waals surface area contributed by atoms with E-state index in [1.54, 1.807) is 6.07 Å². The van der Waals surface area contributed by atoms with Gasteiger partial charge in [-0.2, -0.15) is 0 Å². The lowest BCUT2D eigenvalue weighted by Gasteiger charge is -2.15. The van der Waals surface area contributed by atoms with Crippen molar-refractivity contribution < 1.29 is 4.79 Å². The average Bonchev–Trinajstić information content (AvgIpc) is 2.39. The van der Waals surface area contributed by atoms with E-state index in [0.29, 0.717) is 10.6 Å². The van der Waals surface area contributed by atoms with Crippen molar-refractivity contribution in [3.05, 3.63) is 69.2 Å². The standard InChI is InChI=1S/C15H13BrClNO/c1-10(11-6-8-12(17)9-7-11)18-15(19)13-4-2-3-5-14(13)16/h2-10H,1H3,(H,18,19). The molecule has 0 saturated heterocycles. The Morgan fingerprint density at radius 3 is 2.42 bits per heavy atom. The van der Waals surface area contributed by atoms with Crippen LogP contribution in [0.4, 0.5) is 0 Å². The lowest BCUT2D eigenvalue weighted by atomic mass is 10.1. The van der Waals surface area contributed by atoms with Gasteiger partial charge in [-0.1, -0.05) is 35.9 Å². The molecule has 98 valence electrons. The first kappa shape index (κ1) is 14.1. The lowest BCUT2D eigenvalue weighted by Crippen LogP contribution is -2.26. The fraction of sp³-hybridized carbons (Fsp3) is 0.133. The summed E-state index contributed by atoms with van der Waals surface area (Å²) in [7, 11) is 0. The molecule has 0 heterocycles. The van der Waals surface area contributed by atoms with E-state index in [1.807, 2.05) is 49.4 Å². The maximum atomic E-state index is 12.1. The third-order valence-corrected chi connectivity index (χ3v) is 3.78. The predicted octanol–water partition coefficient (Wildman–Crippen LogP) is 4.59. The van der Waals surface area contributed by atoms with Gasteiger partial charge in [-0.3, -0.25) is 4.79 Å². The Balaban J connectivity index is 2.11. The van der Waals surface area contributed by atoms with E-state index in [4.69, 9.17) is 11.6 Å². The second-order valence-electron chi connectivity index (χ2n) is 4.23. The Hall–Kier alpha value is -1.32. The van der Waals surface area contributed by atoms with Crippen molar-refractivity contribution in [3.63, 3.8) is 0 Å². The van der Waals surface area contributed by atoms with Crippen molar-refractivity contribution in [3.8, 4) is 0 Å². The van der Waals surface area contributed by atoms with Gasteiger partial charge < -0.3 is 5.32 Å². The van der Waals surface area contributed by atoms with Gasteiger partial charge in [0, 0.05) is 9.50 Å². The number of rotatable bonds is 3. The molecule has 19 heavy (non-hydrogen) atoms. The highest BCUT2D eigenvalue weighted by Crippen LogP contribution is 2.19. The molecule has 1 amide bonds. The van der Waals surface area contributed by atoms with Crippen LogP contribution in [0.5, 0.6) is 0 Å². The van der Waals surface area contributed by atoms with Crippen molar-refractivity contribution in [1.82, 2.24) is 5.32 Å². The summed E-state index contributed by atoms with van der Waals surface area (Å²) < 4.78 is 0.788. The van der Waals surface area contributed by atoms with Gasteiger partial charge in [-0.25, -0.2) is 0 Å². The molecule has 0 bridgehead atoms. The average molecular weight is 339 g/mol. The molecule has 2 rings (SSSR count). The molecule has 1 N–H and O–H groups in total. The second kappa shape index (κ2) is 6.22. The van der Waals surface area contributed by atoms with E-state index < -0.39 is 0 Å². The van der Waals surface area contributed by atoms with Crippen LogP contribution in [-0.4, -0.2) is 5.91 Å². The molecule has 0 spiro atoms. The SMILES string of the molecule is CC(NC(=O)c1ccccc1Br)c1ccc(Cl)cc1. The summed E-state index contributed by atoms with van der Waals surface area (Å²) in [6, 6.07) is 14.7. The first-order chi connectivity index (χ1) is 9.08. The summed E-state index contributed by atoms with van der Waals surface area (Å²) >= 11 is 9.22. The number of carbonyl (C=O) groups excluding carboxylic acids is 1. The van der Waals surface area contributed by atoms with Gasteiger partial charge in [0.25, 0.3) is 5.91 Å². The minimum atomic E-state index is -0.102. The summed E-state index contributed by atoms with van der Waals surface area (Å²) in [6.45, 7) is 1.94. The van der Waals surface area contributed by atoms with E-state index >= 15 is 0 Å². The van der Waals surface area contributed by atoms with Crippen molar-refractivity contribution >= 4 is 33.4 Å². The minimum Gasteiger partial charge on any atom is -0.345 e. The van der Waals surface area contributed by atoms with Crippen LogP contribution in [0.25, 0.3) is 0 Å². The predicted molar refractivity (Wildman–Crippen MR) is 81.5 cm³/mol. The molecular weight excluding hydrogens is 326 g/mol. The zero-order chi connectivity index (χ0) is 13.8. The number of amides is 1. The first-order valence-electron chi connectivity index (χ1n) is 5.89. The maximum absolute atomic E-state index is 12.1. The molecule has 0 saturated carbocycles. The molecule has 4 heteroatoms. The molecule has 1 atom stereocenters. The molecule has 0 fully saturated rings. The zero-order valence-electron chi connectivity index (χ0n) is 10.4. The van der Waals surface area contributed by atoms with Crippen LogP contribution in [0.15, 0.2) is 53.0 Å². The lowest BCUT2D eigenvalue weighted by molar-refractivity contribution is 0.0939. The van der Waals surface area contributed by atoms with E-state index in [2.05, 4.69) is 21.2 Å². The number of carbonyl (C=O) groups is 1. The molecule has 0 radical (unpaired) electrons. The normalized spacial score (nSPS) is 11.9. The quantitative estimate of drug-likeness (QED) is 0.871. The molecule has 0 aliphatic carbocycles. The molecule has 2 aromatic rings. The van der Waals surface area contributed by atoms with Crippen LogP contribution in [0, 0.1) is 0 Å². The number of hydrogen-bond donors (Lipinski definition) is 1. The minimum absolute atomic E-state index is 0.0723. The summed E-state index contributed by atoms with van der Waals surface area (Å²) in [5.74, 6) is -0.102. The highest BCUT2D eigenvalue weighted by Gasteiger charge is 2.13. The Bertz CT molecular complexity index is 583. The second-order valence-corrected chi connectivity index (χ2v) is 5.52. The highest BCUT2D eigenvalue weighted by atomic mass is 79.9. The van der Waals surface area contributed by atoms with Gasteiger partial charge in [-0.15, -0.1) is 0 Å². The van der Waals surface area contributed by atoms with E-state index in [-0.39, 0.29) is 11.9 Å². The van der Waals surface area contributed by atoms with E-state index in [0.717, 1.165) is 10.0 Å². The number of hydrogen-bond acceptors (Lipinski definition) is 1. The van der Waals surface area contributed by atoms with Crippen LogP contribution in [-0.2, 0) is 0 Å². The van der Waals surface area contributed by atoms with Crippen LogP contribution < -0.4 is 5.32 Å². The van der Waals surface area contributed by atoms with Gasteiger partial charge in [0.05, 0.1) is 11.6 Å². The number of nitrogens with one attached hydrogen (secondary N) is 1. The van der Waals surface area contributed by atoms with Gasteiger partial charge in [0.1, 0.15) is 0 Å². The van der Waals surface area contributed by atoms with Crippen LogP contribution in [0.1, 0.15) is 28.9 Å². The molecule has 0 aliphatic rings. The van der Waals surface area contributed by atoms with E-state index in [1.165, 1.54) is 0 Å². The molecule has 0 aliphatic heterocycles. The summed E-state index contributed by atoms with van der Waals surface area (Å²) in [5, 5.41) is 3.65. The van der Waals surface area contributed by atoms with Crippen molar-refractivity contribution in [2.24, 2.45) is 0 Å². The van der Waals surface area contributed by atoms with Gasteiger partial charge in [0.15, 0.2) is 0 Å². The van der Waals surface area contributed by atoms with Gasteiger partial charge in [0.2, 0.25) is 0 Å². The fourth-order valence-corrected chi connectivity index (χ4v) is 2.35. The maximum Gasteiger partial charge on any atom is 0.252 e. The third kappa shape index (κ3) is 3.58.